The van der Waals surface area contributed by atoms with Crippen LogP contribution in [0.25, 0.3) is 0 Å². The van der Waals surface area contributed by atoms with Crippen LogP contribution in [0.15, 0.2) is 22.8 Å². The van der Waals surface area contributed by atoms with Crippen LogP contribution in [-0.4, -0.2) is 60.0 Å². The highest BCUT2D eigenvalue weighted by atomic mass is 16.5. The number of hydrogen-bond donors (Lipinski definition) is 1. The van der Waals surface area contributed by atoms with Crippen LogP contribution in [-0.2, 0) is 20.9 Å². The molecule has 2 saturated heterocycles. The first kappa shape index (κ1) is 15.5. The zero-order valence-electron chi connectivity index (χ0n) is 12.7. The highest BCUT2D eigenvalue weighted by molar-refractivity contribution is 6.04. The van der Waals surface area contributed by atoms with Crippen LogP contribution in [0.4, 0.5) is 4.79 Å². The minimum absolute atomic E-state index is 0.0140. The van der Waals surface area contributed by atoms with Crippen LogP contribution in [0.3, 0.4) is 0 Å². The van der Waals surface area contributed by atoms with E-state index in [9.17, 15) is 14.4 Å². The summed E-state index contributed by atoms with van der Waals surface area (Å²) in [5.41, 5.74) is 0. The molecule has 0 aliphatic carbocycles. The van der Waals surface area contributed by atoms with E-state index in [0.29, 0.717) is 38.5 Å². The van der Waals surface area contributed by atoms with Gasteiger partial charge in [0, 0.05) is 19.5 Å². The molecule has 4 amide bonds. The summed E-state index contributed by atoms with van der Waals surface area (Å²) in [5.74, 6) is 0.208. The number of nitrogens with one attached hydrogen (secondary N) is 1. The zero-order chi connectivity index (χ0) is 16.2. The molecule has 23 heavy (non-hydrogen) atoms. The van der Waals surface area contributed by atoms with Crippen molar-refractivity contribution in [3.63, 3.8) is 0 Å². The number of morpholine rings is 1. The summed E-state index contributed by atoms with van der Waals surface area (Å²) >= 11 is 0. The quantitative estimate of drug-likeness (QED) is 0.790. The third kappa shape index (κ3) is 3.53. The molecular weight excluding hydrogens is 302 g/mol. The second-order valence-corrected chi connectivity index (χ2v) is 5.54. The Morgan fingerprint density at radius 1 is 1.30 bits per heavy atom. The van der Waals surface area contributed by atoms with Crippen molar-refractivity contribution in [1.82, 2.24) is 15.1 Å². The molecule has 0 aromatic carbocycles. The smallest absolute Gasteiger partial charge is 0.325 e. The van der Waals surface area contributed by atoms with Gasteiger partial charge in [-0.2, -0.15) is 0 Å². The van der Waals surface area contributed by atoms with Crippen molar-refractivity contribution in [3.05, 3.63) is 24.2 Å². The maximum Gasteiger partial charge on any atom is 0.325 e. The van der Waals surface area contributed by atoms with Crippen molar-refractivity contribution >= 4 is 17.8 Å². The summed E-state index contributed by atoms with van der Waals surface area (Å²) in [6, 6.07) is 2.31. The highest BCUT2D eigenvalue weighted by Crippen LogP contribution is 2.16. The van der Waals surface area contributed by atoms with Crippen molar-refractivity contribution in [2.45, 2.75) is 25.4 Å². The second kappa shape index (κ2) is 6.82. The summed E-state index contributed by atoms with van der Waals surface area (Å²) in [7, 11) is 0. The van der Waals surface area contributed by atoms with E-state index in [2.05, 4.69) is 5.32 Å². The van der Waals surface area contributed by atoms with Crippen LogP contribution in [0.2, 0.25) is 0 Å². The number of carbonyl (C=O) groups excluding carboxylic acids is 3. The molecular formula is C15H19N3O5. The van der Waals surface area contributed by atoms with Crippen molar-refractivity contribution in [1.29, 1.82) is 0 Å². The molecule has 1 aromatic heterocycles. The van der Waals surface area contributed by atoms with E-state index in [4.69, 9.17) is 9.15 Å². The Balaban J connectivity index is 1.51. The fourth-order valence-electron chi connectivity index (χ4n) is 2.72. The van der Waals surface area contributed by atoms with Gasteiger partial charge < -0.3 is 19.4 Å². The molecule has 0 radical (unpaired) electrons. The van der Waals surface area contributed by atoms with E-state index >= 15 is 0 Å². The topological polar surface area (TPSA) is 92.1 Å². The van der Waals surface area contributed by atoms with Crippen LogP contribution >= 0.6 is 0 Å². The third-order valence-electron chi connectivity index (χ3n) is 4.01. The molecule has 2 aliphatic heterocycles. The molecule has 8 heteroatoms. The molecule has 0 saturated carbocycles. The minimum Gasteiger partial charge on any atom is -0.467 e. The molecule has 8 nitrogen and oxygen atoms in total. The molecule has 3 heterocycles. The van der Waals surface area contributed by atoms with E-state index in [1.54, 1.807) is 17.0 Å². The average molecular weight is 321 g/mol. The van der Waals surface area contributed by atoms with Crippen LogP contribution in [0, 0.1) is 0 Å². The number of ether oxygens (including phenoxy) is 1. The SMILES string of the molecule is O=C(CCC1NC(=O)N(Cc2ccco2)C1=O)N1CCOCC1. The number of carbonyl (C=O) groups is 3. The van der Waals surface area contributed by atoms with Crippen molar-refractivity contribution in [2.75, 3.05) is 26.3 Å². The van der Waals surface area contributed by atoms with E-state index in [1.807, 2.05) is 0 Å². The normalized spacial score (nSPS) is 21.7. The summed E-state index contributed by atoms with van der Waals surface area (Å²) in [4.78, 5) is 39.1. The van der Waals surface area contributed by atoms with E-state index in [1.165, 1.54) is 6.26 Å². The van der Waals surface area contributed by atoms with Gasteiger partial charge in [0.05, 0.1) is 26.0 Å². The molecule has 1 atom stereocenters. The van der Waals surface area contributed by atoms with Crippen molar-refractivity contribution in [2.24, 2.45) is 0 Å². The van der Waals surface area contributed by atoms with E-state index < -0.39 is 12.1 Å². The molecule has 0 bridgehead atoms. The largest absolute Gasteiger partial charge is 0.467 e. The Morgan fingerprint density at radius 3 is 2.78 bits per heavy atom. The van der Waals surface area contributed by atoms with Crippen LogP contribution in [0.1, 0.15) is 18.6 Å². The van der Waals surface area contributed by atoms with Gasteiger partial charge in [-0.15, -0.1) is 0 Å². The molecule has 0 spiro atoms. The first-order chi connectivity index (χ1) is 11.1. The van der Waals surface area contributed by atoms with Gasteiger partial charge in [0.1, 0.15) is 11.8 Å². The Morgan fingerprint density at radius 2 is 2.09 bits per heavy atom. The Bertz CT molecular complexity index is 580. The van der Waals surface area contributed by atoms with Gasteiger partial charge in [0.2, 0.25) is 5.91 Å². The summed E-state index contributed by atoms with van der Waals surface area (Å²) in [6.45, 7) is 2.35. The lowest BCUT2D eigenvalue weighted by Crippen LogP contribution is -2.41. The van der Waals surface area contributed by atoms with Crippen LogP contribution < -0.4 is 5.32 Å². The summed E-state index contributed by atoms with van der Waals surface area (Å²) < 4.78 is 10.4. The van der Waals surface area contributed by atoms with Gasteiger partial charge in [-0.25, -0.2) is 4.79 Å². The van der Waals surface area contributed by atoms with E-state index in [0.717, 1.165) is 4.90 Å². The maximum atomic E-state index is 12.3. The monoisotopic (exact) mass is 321 g/mol. The van der Waals surface area contributed by atoms with Gasteiger partial charge in [-0.3, -0.25) is 14.5 Å². The number of nitrogens with zero attached hydrogens (tertiary/aromatic N) is 2. The summed E-state index contributed by atoms with van der Waals surface area (Å²) in [6.07, 6.45) is 2.02. The van der Waals surface area contributed by atoms with Gasteiger partial charge in [-0.1, -0.05) is 0 Å². The number of hydrogen-bond acceptors (Lipinski definition) is 5. The molecule has 124 valence electrons. The average Bonchev–Trinajstić information content (AvgIpc) is 3.17. The number of imide groups is 1. The van der Waals surface area contributed by atoms with Gasteiger partial charge in [0.15, 0.2) is 0 Å². The number of urea groups is 1. The number of amides is 4. The van der Waals surface area contributed by atoms with E-state index in [-0.39, 0.29) is 24.8 Å². The molecule has 1 unspecified atom stereocenters. The third-order valence-corrected chi connectivity index (χ3v) is 4.01. The lowest BCUT2D eigenvalue weighted by molar-refractivity contribution is -0.135. The minimum atomic E-state index is -0.651. The summed E-state index contributed by atoms with van der Waals surface area (Å²) in [5, 5.41) is 2.62. The van der Waals surface area contributed by atoms with Gasteiger partial charge >= 0.3 is 6.03 Å². The molecule has 3 rings (SSSR count). The van der Waals surface area contributed by atoms with Crippen molar-refractivity contribution in [3.8, 4) is 0 Å². The second-order valence-electron chi connectivity index (χ2n) is 5.54. The van der Waals surface area contributed by atoms with Gasteiger partial charge in [0.25, 0.3) is 5.91 Å². The van der Waals surface area contributed by atoms with Crippen molar-refractivity contribution < 1.29 is 23.5 Å². The highest BCUT2D eigenvalue weighted by Gasteiger charge is 2.38. The molecule has 1 N–H and O–H groups in total. The Hall–Kier alpha value is -2.35. The molecule has 1 aromatic rings. The molecule has 2 fully saturated rings. The standard InChI is InChI=1S/C15H19N3O5/c19-13(17-5-8-22-9-6-17)4-3-12-14(20)18(15(21)16-12)10-11-2-1-7-23-11/h1-2,7,12H,3-6,8-10H2,(H,16,21). The number of rotatable bonds is 5. The van der Waals surface area contributed by atoms with Crippen LogP contribution in [0.5, 0.6) is 0 Å². The van der Waals surface area contributed by atoms with Gasteiger partial charge in [-0.05, 0) is 18.6 Å². The predicted octanol–water partition coefficient (Wildman–Crippen LogP) is 0.339. The maximum absolute atomic E-state index is 12.3. The predicted molar refractivity (Wildman–Crippen MR) is 78.2 cm³/mol. The first-order valence-electron chi connectivity index (χ1n) is 7.65. The molecule has 2 aliphatic rings. The Kier molecular flexibility index (Phi) is 4.61. The first-order valence-corrected chi connectivity index (χ1v) is 7.65. The Labute approximate surface area is 133 Å². The fraction of sp³-hybridized carbons (Fsp3) is 0.533. The lowest BCUT2D eigenvalue weighted by Gasteiger charge is -2.27. The zero-order valence-corrected chi connectivity index (χ0v) is 12.7. The fourth-order valence-corrected chi connectivity index (χ4v) is 2.72. The number of furan rings is 1. The lowest BCUT2D eigenvalue weighted by atomic mass is 10.1.